The fraction of sp³-hybridized carbons (Fsp3) is 0.611. The zero-order valence-electron chi connectivity index (χ0n) is 15.0. The van der Waals surface area contributed by atoms with Crippen molar-refractivity contribution in [3.05, 3.63) is 29.8 Å². The van der Waals surface area contributed by atoms with Crippen LogP contribution < -0.4 is 9.62 Å². The zero-order chi connectivity index (χ0) is 18.3. The molecule has 1 aromatic rings. The van der Waals surface area contributed by atoms with Crippen LogP contribution in [0.15, 0.2) is 24.3 Å². The summed E-state index contributed by atoms with van der Waals surface area (Å²) in [5.74, 6) is 0.609. The molecule has 25 heavy (non-hydrogen) atoms. The highest BCUT2D eigenvalue weighted by atomic mass is 32.2. The molecule has 7 heteroatoms. The van der Waals surface area contributed by atoms with E-state index in [-0.39, 0.29) is 12.5 Å². The van der Waals surface area contributed by atoms with Crippen LogP contribution in [-0.2, 0) is 21.2 Å². The van der Waals surface area contributed by atoms with Crippen molar-refractivity contribution in [3.63, 3.8) is 0 Å². The third kappa shape index (κ3) is 6.55. The van der Waals surface area contributed by atoms with E-state index in [1.807, 2.05) is 30.8 Å². The molecule has 0 radical (unpaired) electrons. The molecule has 1 amide bonds. The molecule has 0 atom stereocenters. The monoisotopic (exact) mass is 384 g/mol. The van der Waals surface area contributed by atoms with Crippen LogP contribution in [0.4, 0.5) is 5.69 Å². The van der Waals surface area contributed by atoms with Gasteiger partial charge in [-0.2, -0.15) is 11.8 Å². The van der Waals surface area contributed by atoms with Gasteiger partial charge in [-0.25, -0.2) is 8.42 Å². The van der Waals surface area contributed by atoms with Crippen LogP contribution in [0, 0.1) is 0 Å². The molecule has 2 rings (SSSR count). The topological polar surface area (TPSA) is 66.5 Å². The van der Waals surface area contributed by atoms with E-state index >= 15 is 0 Å². The van der Waals surface area contributed by atoms with Gasteiger partial charge in [0.15, 0.2) is 0 Å². The summed E-state index contributed by atoms with van der Waals surface area (Å²) in [4.78, 5) is 12.2. The van der Waals surface area contributed by atoms with Gasteiger partial charge in [0.1, 0.15) is 6.54 Å². The van der Waals surface area contributed by atoms with Gasteiger partial charge >= 0.3 is 0 Å². The fourth-order valence-corrected chi connectivity index (χ4v) is 5.03. The third-order valence-electron chi connectivity index (χ3n) is 4.40. The Morgan fingerprint density at radius 3 is 2.44 bits per heavy atom. The van der Waals surface area contributed by atoms with Crippen LogP contribution in [0.25, 0.3) is 0 Å². The minimum atomic E-state index is -3.51. The molecule has 1 aliphatic rings. The van der Waals surface area contributed by atoms with Crippen molar-refractivity contribution in [2.75, 3.05) is 29.4 Å². The maximum atomic E-state index is 12.2. The summed E-state index contributed by atoms with van der Waals surface area (Å²) >= 11 is 1.90. The summed E-state index contributed by atoms with van der Waals surface area (Å²) in [6, 6.07) is 7.29. The number of aryl methyl sites for hydroxylation is 1. The Kier molecular flexibility index (Phi) is 7.62. The largest absolute Gasteiger partial charge is 0.354 e. The van der Waals surface area contributed by atoms with Gasteiger partial charge in [0.05, 0.1) is 11.9 Å². The molecule has 1 fully saturated rings. The number of thioether (sulfide) groups is 1. The third-order valence-corrected chi connectivity index (χ3v) is 6.92. The Bertz CT molecular complexity index is 653. The number of benzene rings is 1. The average molecular weight is 385 g/mol. The van der Waals surface area contributed by atoms with Crippen molar-refractivity contribution in [2.24, 2.45) is 0 Å². The Balaban J connectivity index is 1.86. The summed E-state index contributed by atoms with van der Waals surface area (Å²) < 4.78 is 25.3. The first-order valence-corrected chi connectivity index (χ1v) is 11.7. The van der Waals surface area contributed by atoms with Gasteiger partial charge in [-0.05, 0) is 37.0 Å². The van der Waals surface area contributed by atoms with Gasteiger partial charge in [0.2, 0.25) is 15.9 Å². The molecule has 0 heterocycles. The number of nitrogens with zero attached hydrogens (tertiary/aromatic N) is 1. The van der Waals surface area contributed by atoms with Crippen molar-refractivity contribution in [3.8, 4) is 0 Å². The molecular formula is C18H28N2O3S2. The summed E-state index contributed by atoms with van der Waals surface area (Å²) in [5.41, 5.74) is 1.65. The Morgan fingerprint density at radius 1 is 1.24 bits per heavy atom. The number of hydrogen-bond donors (Lipinski definition) is 1. The Morgan fingerprint density at radius 2 is 1.88 bits per heavy atom. The number of amides is 1. The highest BCUT2D eigenvalue weighted by Crippen LogP contribution is 2.28. The molecule has 5 nitrogen and oxygen atoms in total. The van der Waals surface area contributed by atoms with Crippen molar-refractivity contribution in [1.29, 1.82) is 0 Å². The second-order valence-corrected chi connectivity index (χ2v) is 9.73. The number of rotatable bonds is 9. The Labute approximate surface area is 155 Å². The number of hydrogen-bond acceptors (Lipinski definition) is 4. The average Bonchev–Trinajstić information content (AvgIpc) is 3.09. The van der Waals surface area contributed by atoms with Gasteiger partial charge in [-0.15, -0.1) is 0 Å². The highest BCUT2D eigenvalue weighted by Gasteiger charge is 2.21. The number of carbonyl (C=O) groups is 1. The van der Waals surface area contributed by atoms with Crippen molar-refractivity contribution in [2.45, 2.75) is 44.3 Å². The molecule has 0 aliphatic heterocycles. The SMILES string of the molecule is CCc1ccc(N(CC(=O)NCCSC2CCCC2)S(C)(=O)=O)cc1. The van der Waals surface area contributed by atoms with Crippen LogP contribution >= 0.6 is 11.8 Å². The maximum Gasteiger partial charge on any atom is 0.240 e. The lowest BCUT2D eigenvalue weighted by molar-refractivity contribution is -0.119. The van der Waals surface area contributed by atoms with Crippen LogP contribution in [0.1, 0.15) is 38.2 Å². The normalized spacial score (nSPS) is 15.3. The van der Waals surface area contributed by atoms with Crippen LogP contribution in [0.3, 0.4) is 0 Å². The van der Waals surface area contributed by atoms with E-state index in [9.17, 15) is 13.2 Å². The second kappa shape index (κ2) is 9.48. The number of carbonyl (C=O) groups excluding carboxylic acids is 1. The minimum Gasteiger partial charge on any atom is -0.354 e. The smallest absolute Gasteiger partial charge is 0.240 e. The van der Waals surface area contributed by atoms with Crippen molar-refractivity contribution >= 4 is 33.4 Å². The minimum absolute atomic E-state index is 0.182. The van der Waals surface area contributed by atoms with Crippen molar-refractivity contribution < 1.29 is 13.2 Å². The molecule has 0 bridgehead atoms. The molecular weight excluding hydrogens is 356 g/mol. The molecule has 1 aromatic carbocycles. The first-order valence-electron chi connectivity index (χ1n) is 8.85. The molecule has 0 spiro atoms. The van der Waals surface area contributed by atoms with E-state index in [0.29, 0.717) is 12.2 Å². The maximum absolute atomic E-state index is 12.2. The molecule has 140 valence electrons. The lowest BCUT2D eigenvalue weighted by Gasteiger charge is -2.22. The molecule has 0 saturated heterocycles. The predicted molar refractivity (Wildman–Crippen MR) is 106 cm³/mol. The Hall–Kier alpha value is -1.21. The lowest BCUT2D eigenvalue weighted by atomic mass is 10.1. The summed E-state index contributed by atoms with van der Waals surface area (Å²) in [6.07, 6.45) is 7.18. The first-order chi connectivity index (χ1) is 11.9. The molecule has 0 aromatic heterocycles. The van der Waals surface area contributed by atoms with Gasteiger partial charge in [0.25, 0.3) is 0 Å². The van der Waals surface area contributed by atoms with Gasteiger partial charge in [-0.1, -0.05) is 31.9 Å². The molecule has 1 N–H and O–H groups in total. The summed E-state index contributed by atoms with van der Waals surface area (Å²) in [5, 5.41) is 3.56. The number of anilines is 1. The number of sulfonamides is 1. The number of nitrogens with one attached hydrogen (secondary N) is 1. The van der Waals surface area contributed by atoms with Crippen molar-refractivity contribution in [1.82, 2.24) is 5.32 Å². The van der Waals surface area contributed by atoms with Gasteiger partial charge < -0.3 is 5.32 Å². The summed E-state index contributed by atoms with van der Waals surface area (Å²) in [7, 11) is -3.51. The first kappa shape index (κ1) is 20.1. The van der Waals surface area contributed by atoms with Crippen LogP contribution in [-0.4, -0.2) is 44.7 Å². The van der Waals surface area contributed by atoms with Gasteiger partial charge in [0, 0.05) is 17.5 Å². The molecule has 0 unspecified atom stereocenters. The van der Waals surface area contributed by atoms with Crippen LogP contribution in [0.2, 0.25) is 0 Å². The highest BCUT2D eigenvalue weighted by molar-refractivity contribution is 7.99. The molecule has 1 saturated carbocycles. The summed E-state index contributed by atoms with van der Waals surface area (Å²) in [6.45, 7) is 2.44. The predicted octanol–water partition coefficient (Wildman–Crippen LogP) is 2.81. The van der Waals surface area contributed by atoms with Gasteiger partial charge in [-0.3, -0.25) is 9.10 Å². The quantitative estimate of drug-likeness (QED) is 0.665. The fourth-order valence-electron chi connectivity index (χ4n) is 2.96. The van der Waals surface area contributed by atoms with E-state index in [1.54, 1.807) is 12.1 Å². The van der Waals surface area contributed by atoms with Crippen LogP contribution in [0.5, 0.6) is 0 Å². The zero-order valence-corrected chi connectivity index (χ0v) is 16.7. The van der Waals surface area contributed by atoms with E-state index in [4.69, 9.17) is 0 Å². The standard InChI is InChI=1S/C18H28N2O3S2/c1-3-15-8-10-16(11-9-15)20(25(2,22)23)14-18(21)19-12-13-24-17-6-4-5-7-17/h8-11,17H,3-7,12-14H2,1-2H3,(H,19,21). The van der Waals surface area contributed by atoms with E-state index in [0.717, 1.165) is 33.5 Å². The van der Waals surface area contributed by atoms with E-state index in [2.05, 4.69) is 5.32 Å². The lowest BCUT2D eigenvalue weighted by Crippen LogP contribution is -2.41. The van der Waals surface area contributed by atoms with E-state index < -0.39 is 10.0 Å². The molecule has 1 aliphatic carbocycles. The second-order valence-electron chi connectivity index (χ2n) is 6.42. The van der Waals surface area contributed by atoms with E-state index in [1.165, 1.54) is 25.7 Å².